The summed E-state index contributed by atoms with van der Waals surface area (Å²) in [6.45, 7) is 3.80. The second-order valence-electron chi connectivity index (χ2n) is 3.55. The van der Waals surface area contributed by atoms with Crippen LogP contribution in [0.4, 0.5) is 0 Å². The standard InChI is InChI=1S/C11H16O4/c1-6(2)9-10(13)7(12)5-8(14-3)11(9)15-4/h5-6,12-13H,1-4H3. The highest BCUT2D eigenvalue weighted by molar-refractivity contribution is 5.61. The molecule has 0 aliphatic rings. The third kappa shape index (κ3) is 1.93. The Kier molecular flexibility index (Phi) is 3.29. The Morgan fingerprint density at radius 2 is 1.73 bits per heavy atom. The molecule has 15 heavy (non-hydrogen) atoms. The maximum Gasteiger partial charge on any atom is 0.168 e. The van der Waals surface area contributed by atoms with Crippen LogP contribution in [0.2, 0.25) is 0 Å². The first-order valence-corrected chi connectivity index (χ1v) is 4.69. The molecule has 84 valence electrons. The van der Waals surface area contributed by atoms with E-state index in [1.807, 2.05) is 13.8 Å². The molecule has 0 spiro atoms. The van der Waals surface area contributed by atoms with Crippen molar-refractivity contribution in [2.75, 3.05) is 14.2 Å². The zero-order chi connectivity index (χ0) is 11.6. The molecule has 0 heterocycles. The molecule has 0 unspecified atom stereocenters. The second-order valence-corrected chi connectivity index (χ2v) is 3.55. The third-order valence-electron chi connectivity index (χ3n) is 2.24. The van der Waals surface area contributed by atoms with Crippen LogP contribution in [-0.4, -0.2) is 24.4 Å². The minimum Gasteiger partial charge on any atom is -0.504 e. The average Bonchev–Trinajstić information content (AvgIpc) is 2.20. The van der Waals surface area contributed by atoms with Crippen LogP contribution in [0.5, 0.6) is 23.0 Å². The van der Waals surface area contributed by atoms with Gasteiger partial charge in [0, 0.05) is 11.6 Å². The smallest absolute Gasteiger partial charge is 0.168 e. The van der Waals surface area contributed by atoms with Crippen molar-refractivity contribution < 1.29 is 19.7 Å². The molecule has 0 amide bonds. The highest BCUT2D eigenvalue weighted by Crippen LogP contribution is 2.46. The number of aromatic hydroxyl groups is 2. The number of phenols is 2. The van der Waals surface area contributed by atoms with Crippen molar-refractivity contribution in [3.63, 3.8) is 0 Å². The van der Waals surface area contributed by atoms with Crippen LogP contribution in [-0.2, 0) is 0 Å². The van der Waals surface area contributed by atoms with Crippen molar-refractivity contribution in [2.24, 2.45) is 0 Å². The summed E-state index contributed by atoms with van der Waals surface area (Å²) in [5, 5.41) is 19.2. The van der Waals surface area contributed by atoms with E-state index in [0.717, 1.165) is 0 Å². The van der Waals surface area contributed by atoms with Gasteiger partial charge in [0.1, 0.15) is 0 Å². The zero-order valence-corrected chi connectivity index (χ0v) is 9.37. The van der Waals surface area contributed by atoms with E-state index in [0.29, 0.717) is 17.1 Å². The summed E-state index contributed by atoms with van der Waals surface area (Å²) in [7, 11) is 2.98. The Morgan fingerprint density at radius 3 is 2.13 bits per heavy atom. The van der Waals surface area contributed by atoms with Crippen LogP contribution < -0.4 is 9.47 Å². The van der Waals surface area contributed by atoms with Crippen LogP contribution in [0.1, 0.15) is 25.3 Å². The first-order chi connectivity index (χ1) is 7.02. The van der Waals surface area contributed by atoms with Crippen LogP contribution in [0.3, 0.4) is 0 Å². The van der Waals surface area contributed by atoms with Crippen LogP contribution in [0, 0.1) is 0 Å². The summed E-state index contributed by atoms with van der Waals surface area (Å²) < 4.78 is 10.2. The van der Waals surface area contributed by atoms with Crippen molar-refractivity contribution in [1.82, 2.24) is 0 Å². The van der Waals surface area contributed by atoms with Crippen molar-refractivity contribution in [3.05, 3.63) is 11.6 Å². The molecule has 4 nitrogen and oxygen atoms in total. The fraction of sp³-hybridized carbons (Fsp3) is 0.455. The van der Waals surface area contributed by atoms with E-state index in [4.69, 9.17) is 9.47 Å². The summed E-state index contributed by atoms with van der Waals surface area (Å²) in [6.07, 6.45) is 0. The Balaban J connectivity index is 3.49. The average molecular weight is 212 g/mol. The molecule has 0 aliphatic heterocycles. The van der Waals surface area contributed by atoms with Crippen LogP contribution in [0.15, 0.2) is 6.07 Å². The van der Waals surface area contributed by atoms with Crippen molar-refractivity contribution in [1.29, 1.82) is 0 Å². The molecule has 0 aromatic heterocycles. The summed E-state index contributed by atoms with van der Waals surface area (Å²) in [5.74, 6) is 0.555. The summed E-state index contributed by atoms with van der Waals surface area (Å²) >= 11 is 0. The summed E-state index contributed by atoms with van der Waals surface area (Å²) in [6, 6.07) is 1.33. The van der Waals surface area contributed by atoms with Gasteiger partial charge in [-0.25, -0.2) is 0 Å². The molecule has 4 heteroatoms. The van der Waals surface area contributed by atoms with E-state index < -0.39 is 0 Å². The maximum absolute atomic E-state index is 9.71. The number of rotatable bonds is 3. The van der Waals surface area contributed by atoms with E-state index in [-0.39, 0.29) is 17.4 Å². The van der Waals surface area contributed by atoms with Crippen molar-refractivity contribution in [2.45, 2.75) is 19.8 Å². The lowest BCUT2D eigenvalue weighted by Gasteiger charge is -2.17. The molecule has 0 fully saturated rings. The van der Waals surface area contributed by atoms with E-state index in [1.54, 1.807) is 0 Å². The van der Waals surface area contributed by atoms with Gasteiger partial charge in [-0.05, 0) is 5.92 Å². The molecule has 0 saturated heterocycles. The van der Waals surface area contributed by atoms with E-state index in [1.165, 1.54) is 20.3 Å². The summed E-state index contributed by atoms with van der Waals surface area (Å²) in [4.78, 5) is 0. The quantitative estimate of drug-likeness (QED) is 0.754. The van der Waals surface area contributed by atoms with E-state index in [2.05, 4.69) is 0 Å². The largest absolute Gasteiger partial charge is 0.504 e. The molecule has 0 aliphatic carbocycles. The van der Waals surface area contributed by atoms with Gasteiger partial charge >= 0.3 is 0 Å². The molecule has 1 rings (SSSR count). The Hall–Kier alpha value is -1.58. The fourth-order valence-corrected chi connectivity index (χ4v) is 1.53. The molecular weight excluding hydrogens is 196 g/mol. The lowest BCUT2D eigenvalue weighted by molar-refractivity contribution is 0.335. The molecule has 0 atom stereocenters. The highest BCUT2D eigenvalue weighted by Gasteiger charge is 2.21. The second kappa shape index (κ2) is 4.29. The molecule has 1 aromatic rings. The number of hydrogen-bond donors (Lipinski definition) is 2. The molecule has 2 N–H and O–H groups in total. The number of hydrogen-bond acceptors (Lipinski definition) is 4. The highest BCUT2D eigenvalue weighted by atomic mass is 16.5. The predicted octanol–water partition coefficient (Wildman–Crippen LogP) is 2.24. The van der Waals surface area contributed by atoms with Gasteiger partial charge < -0.3 is 19.7 Å². The van der Waals surface area contributed by atoms with Gasteiger partial charge in [-0.3, -0.25) is 0 Å². The monoisotopic (exact) mass is 212 g/mol. The Labute approximate surface area is 89.1 Å². The van der Waals surface area contributed by atoms with Crippen molar-refractivity contribution in [3.8, 4) is 23.0 Å². The van der Waals surface area contributed by atoms with Crippen LogP contribution in [0.25, 0.3) is 0 Å². The zero-order valence-electron chi connectivity index (χ0n) is 9.37. The van der Waals surface area contributed by atoms with Crippen LogP contribution >= 0.6 is 0 Å². The Bertz CT molecular complexity index is 358. The van der Waals surface area contributed by atoms with Crippen molar-refractivity contribution >= 4 is 0 Å². The third-order valence-corrected chi connectivity index (χ3v) is 2.24. The number of benzene rings is 1. The predicted molar refractivity (Wildman–Crippen MR) is 57.0 cm³/mol. The van der Waals surface area contributed by atoms with Gasteiger partial charge in [0.2, 0.25) is 0 Å². The van der Waals surface area contributed by atoms with E-state index >= 15 is 0 Å². The Morgan fingerprint density at radius 1 is 1.13 bits per heavy atom. The van der Waals surface area contributed by atoms with Gasteiger partial charge in [-0.15, -0.1) is 0 Å². The molecule has 0 saturated carbocycles. The lowest BCUT2D eigenvalue weighted by Crippen LogP contribution is -1.98. The minimum absolute atomic E-state index is 0.0287. The topological polar surface area (TPSA) is 58.9 Å². The molecular formula is C11H16O4. The molecule has 0 bridgehead atoms. The minimum atomic E-state index is -0.198. The van der Waals surface area contributed by atoms with Gasteiger partial charge in [0.15, 0.2) is 23.0 Å². The lowest BCUT2D eigenvalue weighted by atomic mass is 10.00. The maximum atomic E-state index is 9.71. The fourth-order valence-electron chi connectivity index (χ4n) is 1.53. The van der Waals surface area contributed by atoms with E-state index in [9.17, 15) is 10.2 Å². The number of phenolic OH excluding ortho intramolecular Hbond substituents is 2. The van der Waals surface area contributed by atoms with Gasteiger partial charge in [-0.1, -0.05) is 13.8 Å². The number of methoxy groups -OCH3 is 2. The summed E-state index contributed by atoms with van der Waals surface area (Å²) in [5.41, 5.74) is 0.550. The van der Waals surface area contributed by atoms with Gasteiger partial charge in [-0.2, -0.15) is 0 Å². The number of ether oxygens (including phenoxy) is 2. The van der Waals surface area contributed by atoms with Gasteiger partial charge in [0.05, 0.1) is 14.2 Å². The molecule has 0 radical (unpaired) electrons. The normalized spacial score (nSPS) is 10.5. The molecule has 1 aromatic carbocycles. The SMILES string of the molecule is COc1cc(O)c(O)c(C(C)C)c1OC. The first-order valence-electron chi connectivity index (χ1n) is 4.69. The first kappa shape index (κ1) is 11.5. The van der Waals surface area contributed by atoms with Gasteiger partial charge in [0.25, 0.3) is 0 Å².